The van der Waals surface area contributed by atoms with E-state index in [0.29, 0.717) is 18.8 Å². The maximum absolute atomic E-state index is 11.8. The molecule has 1 N–H and O–H groups in total. The lowest BCUT2D eigenvalue weighted by molar-refractivity contribution is 0.0941. The molecule has 0 aliphatic carbocycles. The van der Waals surface area contributed by atoms with Crippen LogP contribution in [0, 0.1) is 6.92 Å². The molecule has 7 heteroatoms. The van der Waals surface area contributed by atoms with E-state index in [2.05, 4.69) is 14.9 Å². The zero-order valence-corrected chi connectivity index (χ0v) is 17.1. The number of H-pyrrole nitrogens is 1. The summed E-state index contributed by atoms with van der Waals surface area (Å²) in [5.41, 5.74) is 3.67. The van der Waals surface area contributed by atoms with Crippen LogP contribution < -0.4 is 4.90 Å². The number of nitrogens with one attached hydrogen (secondary N) is 1. The van der Waals surface area contributed by atoms with Gasteiger partial charge in [0.2, 0.25) is 0 Å². The van der Waals surface area contributed by atoms with Crippen molar-refractivity contribution in [3.8, 4) is 0 Å². The summed E-state index contributed by atoms with van der Waals surface area (Å²) in [6, 6.07) is 5.88. The van der Waals surface area contributed by atoms with E-state index < -0.39 is 0 Å². The molecule has 0 bridgehead atoms. The number of carbonyl (C=O) groups is 2. The molecule has 1 fully saturated rings. The standard InChI is InChI=1S/C21H23N3O3S/c1-12-20(14(3)26)28-21(23-12)24-6-7-27-11-17(24)8-16-10-22-19-5-4-15(13(2)25)9-18(16)19/h4-5,9-10,17,22H,6-8,11H2,1-3H3/t17-/m0/s1. The monoisotopic (exact) mass is 397 g/mol. The molecule has 2 aromatic heterocycles. The number of rotatable bonds is 5. The second-order valence-corrected chi connectivity index (χ2v) is 8.20. The van der Waals surface area contributed by atoms with Gasteiger partial charge in [0.15, 0.2) is 16.7 Å². The van der Waals surface area contributed by atoms with Crippen molar-refractivity contribution in [3.05, 3.63) is 46.1 Å². The molecule has 1 aromatic carbocycles. The molecule has 28 heavy (non-hydrogen) atoms. The van der Waals surface area contributed by atoms with Crippen LogP contribution in [0.2, 0.25) is 0 Å². The van der Waals surface area contributed by atoms with Crippen molar-refractivity contribution in [3.63, 3.8) is 0 Å². The summed E-state index contributed by atoms with van der Waals surface area (Å²) in [7, 11) is 0. The number of ketones is 2. The van der Waals surface area contributed by atoms with Crippen LogP contribution in [0.3, 0.4) is 0 Å². The van der Waals surface area contributed by atoms with Crippen LogP contribution in [0.5, 0.6) is 0 Å². The molecule has 1 aliphatic heterocycles. The Bertz CT molecular complexity index is 1050. The molecular formula is C21H23N3O3S. The van der Waals surface area contributed by atoms with Gasteiger partial charge in [-0.3, -0.25) is 9.59 Å². The van der Waals surface area contributed by atoms with Crippen LogP contribution in [0.25, 0.3) is 10.9 Å². The summed E-state index contributed by atoms with van der Waals surface area (Å²) in [6.45, 7) is 7.05. The Balaban J connectivity index is 1.65. The first-order valence-electron chi connectivity index (χ1n) is 9.37. The van der Waals surface area contributed by atoms with Crippen LogP contribution in [-0.4, -0.2) is 47.3 Å². The molecule has 0 radical (unpaired) electrons. The number of carbonyl (C=O) groups excluding carboxylic acids is 2. The van der Waals surface area contributed by atoms with E-state index in [1.165, 1.54) is 11.3 Å². The van der Waals surface area contributed by atoms with E-state index in [9.17, 15) is 9.59 Å². The molecule has 6 nitrogen and oxygen atoms in total. The zero-order valence-electron chi connectivity index (χ0n) is 16.2. The smallest absolute Gasteiger partial charge is 0.186 e. The normalized spacial score (nSPS) is 17.2. The Hall–Kier alpha value is -2.51. The molecule has 0 amide bonds. The largest absolute Gasteiger partial charge is 0.377 e. The predicted molar refractivity (Wildman–Crippen MR) is 111 cm³/mol. The molecule has 146 valence electrons. The minimum absolute atomic E-state index is 0.0550. The summed E-state index contributed by atoms with van der Waals surface area (Å²) in [5.74, 6) is 0.117. The van der Waals surface area contributed by atoms with Gasteiger partial charge in [-0.15, -0.1) is 0 Å². The van der Waals surface area contributed by atoms with Crippen LogP contribution in [0.1, 0.15) is 45.1 Å². The fraction of sp³-hybridized carbons (Fsp3) is 0.381. The highest BCUT2D eigenvalue weighted by Crippen LogP contribution is 2.31. The highest BCUT2D eigenvalue weighted by Gasteiger charge is 2.28. The topological polar surface area (TPSA) is 75.3 Å². The van der Waals surface area contributed by atoms with Gasteiger partial charge < -0.3 is 14.6 Å². The average Bonchev–Trinajstić information content (AvgIpc) is 3.25. The van der Waals surface area contributed by atoms with Gasteiger partial charge in [-0.05, 0) is 44.0 Å². The van der Waals surface area contributed by atoms with E-state index in [1.807, 2.05) is 31.3 Å². The average molecular weight is 398 g/mol. The molecule has 3 heterocycles. The summed E-state index contributed by atoms with van der Waals surface area (Å²) < 4.78 is 5.75. The Kier molecular flexibility index (Phi) is 5.03. The van der Waals surface area contributed by atoms with E-state index in [-0.39, 0.29) is 17.6 Å². The maximum Gasteiger partial charge on any atom is 0.186 e. The molecule has 4 rings (SSSR count). The van der Waals surface area contributed by atoms with Gasteiger partial charge in [-0.25, -0.2) is 4.98 Å². The minimum Gasteiger partial charge on any atom is -0.377 e. The molecule has 3 aromatic rings. The van der Waals surface area contributed by atoms with Gasteiger partial charge >= 0.3 is 0 Å². The summed E-state index contributed by atoms with van der Waals surface area (Å²) >= 11 is 1.46. The van der Waals surface area contributed by atoms with Gasteiger partial charge in [-0.1, -0.05) is 11.3 Å². The van der Waals surface area contributed by atoms with Crippen LogP contribution >= 0.6 is 11.3 Å². The second kappa shape index (κ2) is 7.48. The summed E-state index contributed by atoms with van der Waals surface area (Å²) in [6.07, 6.45) is 2.78. The zero-order chi connectivity index (χ0) is 19.8. The maximum atomic E-state index is 11.8. The van der Waals surface area contributed by atoms with Crippen LogP contribution in [0.15, 0.2) is 24.4 Å². The van der Waals surface area contributed by atoms with E-state index in [1.54, 1.807) is 13.8 Å². The summed E-state index contributed by atoms with van der Waals surface area (Å²) in [4.78, 5) is 34.5. The van der Waals surface area contributed by atoms with Crippen molar-refractivity contribution >= 4 is 38.9 Å². The number of morpholine rings is 1. The first-order valence-corrected chi connectivity index (χ1v) is 10.2. The van der Waals surface area contributed by atoms with Crippen LogP contribution in [0.4, 0.5) is 5.13 Å². The SMILES string of the molecule is CC(=O)c1ccc2[nH]cc(C[C@H]3COCCN3c3nc(C)c(C(C)=O)s3)c2c1. The van der Waals surface area contributed by atoms with Crippen molar-refractivity contribution in [2.45, 2.75) is 33.2 Å². The van der Waals surface area contributed by atoms with Crippen molar-refractivity contribution in [2.75, 3.05) is 24.7 Å². The molecular weight excluding hydrogens is 374 g/mol. The highest BCUT2D eigenvalue weighted by molar-refractivity contribution is 7.17. The van der Waals surface area contributed by atoms with Gasteiger partial charge in [0.1, 0.15) is 0 Å². The number of aromatic amines is 1. The molecule has 1 aliphatic rings. The number of Topliss-reactive ketones (excluding diaryl/α,β-unsaturated/α-hetero) is 2. The van der Waals surface area contributed by atoms with Gasteiger partial charge in [0, 0.05) is 36.1 Å². The first-order chi connectivity index (χ1) is 13.4. The first kappa shape index (κ1) is 18.8. The molecule has 0 spiro atoms. The third-order valence-electron chi connectivity index (χ3n) is 5.21. The number of hydrogen-bond donors (Lipinski definition) is 1. The lowest BCUT2D eigenvalue weighted by Crippen LogP contribution is -2.46. The Morgan fingerprint density at radius 2 is 2.14 bits per heavy atom. The van der Waals surface area contributed by atoms with Crippen molar-refractivity contribution in [1.29, 1.82) is 0 Å². The van der Waals surface area contributed by atoms with Gasteiger partial charge in [0.25, 0.3) is 0 Å². The second-order valence-electron chi connectivity index (χ2n) is 7.22. The quantitative estimate of drug-likeness (QED) is 0.663. The van der Waals surface area contributed by atoms with Gasteiger partial charge in [-0.2, -0.15) is 0 Å². The van der Waals surface area contributed by atoms with Crippen molar-refractivity contribution in [1.82, 2.24) is 9.97 Å². The third-order valence-corrected chi connectivity index (χ3v) is 6.50. The summed E-state index contributed by atoms with van der Waals surface area (Å²) in [5, 5.41) is 1.94. The molecule has 0 saturated carbocycles. The van der Waals surface area contributed by atoms with Gasteiger partial charge in [0.05, 0.1) is 29.8 Å². The van der Waals surface area contributed by atoms with E-state index in [0.717, 1.165) is 45.1 Å². The van der Waals surface area contributed by atoms with Crippen molar-refractivity contribution in [2.24, 2.45) is 0 Å². The number of fused-ring (bicyclic) bond motifs is 1. The lowest BCUT2D eigenvalue weighted by Gasteiger charge is -2.35. The number of nitrogens with zero attached hydrogens (tertiary/aromatic N) is 2. The lowest BCUT2D eigenvalue weighted by atomic mass is 10.0. The number of ether oxygens (including phenoxy) is 1. The van der Waals surface area contributed by atoms with E-state index in [4.69, 9.17) is 4.74 Å². The molecule has 0 unspecified atom stereocenters. The number of thiazole rings is 1. The Morgan fingerprint density at radius 3 is 2.86 bits per heavy atom. The third kappa shape index (κ3) is 3.47. The van der Waals surface area contributed by atoms with Crippen LogP contribution in [-0.2, 0) is 11.2 Å². The van der Waals surface area contributed by atoms with Crippen molar-refractivity contribution < 1.29 is 14.3 Å². The molecule has 1 atom stereocenters. The number of aryl methyl sites for hydroxylation is 1. The fourth-order valence-electron chi connectivity index (χ4n) is 3.73. The Morgan fingerprint density at radius 1 is 1.32 bits per heavy atom. The minimum atomic E-state index is 0.0550. The molecule has 1 saturated heterocycles. The number of aromatic nitrogens is 2. The number of benzene rings is 1. The highest BCUT2D eigenvalue weighted by atomic mass is 32.1. The fourth-order valence-corrected chi connectivity index (χ4v) is 4.79. The Labute approximate surface area is 167 Å². The predicted octanol–water partition coefficient (Wildman–Crippen LogP) is 3.79. The number of anilines is 1. The van der Waals surface area contributed by atoms with E-state index >= 15 is 0 Å². The number of hydrogen-bond acceptors (Lipinski definition) is 6.